The van der Waals surface area contributed by atoms with Crippen molar-refractivity contribution < 1.29 is 57.2 Å². The van der Waals surface area contributed by atoms with E-state index in [9.17, 15) is 43.5 Å². The molecule has 0 bridgehead atoms. The van der Waals surface area contributed by atoms with E-state index in [0.29, 0.717) is 23.3 Å². The number of nitrogens with zero attached hydrogens (tertiary/aromatic N) is 1. The minimum absolute atomic E-state index is 0.0122. The molecule has 0 radical (unpaired) electrons. The van der Waals surface area contributed by atoms with Gasteiger partial charge >= 0.3 is 16.3 Å². The van der Waals surface area contributed by atoms with Crippen LogP contribution in [-0.2, 0) is 16.3 Å². The van der Waals surface area contributed by atoms with Gasteiger partial charge in [-0.2, -0.15) is 30.4 Å². The van der Waals surface area contributed by atoms with E-state index in [1.165, 1.54) is 24.4 Å². The molecule has 5 rings (SSSR count). The Balaban J connectivity index is 1.55. The fourth-order valence-electron chi connectivity index (χ4n) is 4.72. The van der Waals surface area contributed by atoms with Crippen LogP contribution in [0.3, 0.4) is 0 Å². The molecule has 0 saturated carbocycles. The van der Waals surface area contributed by atoms with Crippen LogP contribution in [0.5, 0.6) is 17.4 Å². The van der Waals surface area contributed by atoms with Crippen molar-refractivity contribution in [3.8, 4) is 28.5 Å². The SMILES string of the molecule is CCOc1ccc(-c2cc(C(F)(F)F)ccc2C2CCOc3cc(S(=O)(=O)Oc4c(F)c(F)c(F)c(F)c4F)ccc32)cn1. The molecular weight excluding hydrogens is 626 g/mol. The molecule has 0 saturated heterocycles. The monoisotopic (exact) mass is 645 g/mol. The molecule has 1 aromatic heterocycles. The highest BCUT2D eigenvalue weighted by Crippen LogP contribution is 2.44. The zero-order chi connectivity index (χ0) is 32.0. The zero-order valence-corrected chi connectivity index (χ0v) is 23.1. The van der Waals surface area contributed by atoms with Crippen LogP contribution in [-0.4, -0.2) is 26.6 Å². The van der Waals surface area contributed by atoms with Crippen molar-refractivity contribution in [2.24, 2.45) is 0 Å². The Hall–Kier alpha value is -4.40. The van der Waals surface area contributed by atoms with E-state index >= 15 is 0 Å². The summed E-state index contributed by atoms with van der Waals surface area (Å²) in [5.41, 5.74) is 0.412. The van der Waals surface area contributed by atoms with Crippen molar-refractivity contribution in [2.45, 2.75) is 30.3 Å². The van der Waals surface area contributed by atoms with Crippen LogP contribution in [0.1, 0.15) is 36.0 Å². The highest BCUT2D eigenvalue weighted by atomic mass is 32.2. The van der Waals surface area contributed by atoms with Crippen LogP contribution >= 0.6 is 0 Å². The van der Waals surface area contributed by atoms with E-state index < -0.39 is 67.5 Å². The molecule has 15 heteroatoms. The van der Waals surface area contributed by atoms with Crippen LogP contribution in [0, 0.1) is 29.1 Å². The Morgan fingerprint density at radius 2 is 1.55 bits per heavy atom. The molecule has 0 aliphatic carbocycles. The third kappa shape index (κ3) is 5.75. The third-order valence-corrected chi connectivity index (χ3v) is 7.99. The molecule has 4 aromatic rings. The minimum Gasteiger partial charge on any atom is -0.493 e. The van der Waals surface area contributed by atoms with Gasteiger partial charge in [-0.1, -0.05) is 12.1 Å². The second kappa shape index (κ2) is 11.6. The van der Waals surface area contributed by atoms with Crippen LogP contribution in [0.25, 0.3) is 11.1 Å². The Morgan fingerprint density at radius 1 is 0.886 bits per heavy atom. The van der Waals surface area contributed by atoms with Gasteiger partial charge in [0.15, 0.2) is 0 Å². The highest BCUT2D eigenvalue weighted by Gasteiger charge is 2.35. The molecule has 232 valence electrons. The minimum atomic E-state index is -5.16. The largest absolute Gasteiger partial charge is 0.493 e. The van der Waals surface area contributed by atoms with Gasteiger partial charge < -0.3 is 13.7 Å². The van der Waals surface area contributed by atoms with Gasteiger partial charge in [0.1, 0.15) is 10.6 Å². The van der Waals surface area contributed by atoms with Crippen molar-refractivity contribution in [2.75, 3.05) is 13.2 Å². The Morgan fingerprint density at radius 3 is 2.16 bits per heavy atom. The summed E-state index contributed by atoms with van der Waals surface area (Å²) in [5.74, 6) is -14.7. The number of hydrogen-bond donors (Lipinski definition) is 0. The maximum Gasteiger partial charge on any atom is 0.416 e. The number of fused-ring (bicyclic) bond motifs is 1. The molecule has 1 aliphatic rings. The highest BCUT2D eigenvalue weighted by molar-refractivity contribution is 7.87. The molecule has 0 fully saturated rings. The molecule has 2 heterocycles. The summed E-state index contributed by atoms with van der Waals surface area (Å²) in [6.07, 6.45) is -3.03. The second-order valence-corrected chi connectivity index (χ2v) is 11.0. The van der Waals surface area contributed by atoms with Gasteiger partial charge in [-0.3, -0.25) is 0 Å². The van der Waals surface area contributed by atoms with E-state index in [0.717, 1.165) is 24.3 Å². The van der Waals surface area contributed by atoms with Crippen molar-refractivity contribution in [3.05, 3.63) is 101 Å². The molecule has 44 heavy (non-hydrogen) atoms. The van der Waals surface area contributed by atoms with Gasteiger partial charge in [0.05, 0.1) is 18.8 Å². The van der Waals surface area contributed by atoms with E-state index in [4.69, 9.17) is 9.47 Å². The maximum atomic E-state index is 14.1. The van der Waals surface area contributed by atoms with Gasteiger partial charge in [0.2, 0.25) is 40.7 Å². The molecule has 1 unspecified atom stereocenters. The smallest absolute Gasteiger partial charge is 0.416 e. The van der Waals surface area contributed by atoms with Gasteiger partial charge in [0.25, 0.3) is 0 Å². The van der Waals surface area contributed by atoms with Crippen molar-refractivity contribution in [1.29, 1.82) is 0 Å². The normalized spacial score (nSPS) is 15.0. The Labute approximate surface area is 245 Å². The molecule has 3 aromatic carbocycles. The lowest BCUT2D eigenvalue weighted by molar-refractivity contribution is -0.137. The summed E-state index contributed by atoms with van der Waals surface area (Å²) in [4.78, 5) is 3.39. The van der Waals surface area contributed by atoms with Crippen molar-refractivity contribution in [1.82, 2.24) is 4.98 Å². The average Bonchev–Trinajstić information content (AvgIpc) is 3.00. The van der Waals surface area contributed by atoms with Crippen molar-refractivity contribution in [3.63, 3.8) is 0 Å². The number of benzene rings is 3. The first-order chi connectivity index (χ1) is 20.7. The number of ether oxygens (including phenoxy) is 2. The first-order valence-electron chi connectivity index (χ1n) is 12.8. The first kappa shape index (κ1) is 31.0. The summed E-state index contributed by atoms with van der Waals surface area (Å²) in [6.45, 7) is 2.05. The first-order valence-corrected chi connectivity index (χ1v) is 14.2. The standard InChI is InChI=1S/C29H19F8NO5S/c1-2-41-22-8-3-14(13-38-22)20-11-15(29(35,36)37)4-6-17(20)18-9-10-42-21-12-16(5-7-19(18)21)44(39,40)43-28-26(33)24(31)23(30)25(32)27(28)34/h3-8,11-13,18H,2,9-10H2,1H3. The number of aromatic nitrogens is 1. The lowest BCUT2D eigenvalue weighted by atomic mass is 9.82. The third-order valence-electron chi connectivity index (χ3n) is 6.77. The summed E-state index contributed by atoms with van der Waals surface area (Å²) in [6, 6.07) is 9.35. The number of hydrogen-bond acceptors (Lipinski definition) is 6. The van der Waals surface area contributed by atoms with Gasteiger partial charge in [-0.15, -0.1) is 0 Å². The fraction of sp³-hybridized carbons (Fsp3) is 0.207. The van der Waals surface area contributed by atoms with Crippen LogP contribution < -0.4 is 13.7 Å². The van der Waals surface area contributed by atoms with Crippen LogP contribution in [0.2, 0.25) is 0 Å². The number of halogens is 8. The summed E-state index contributed by atoms with van der Waals surface area (Å²) in [5, 5.41) is 0. The van der Waals surface area contributed by atoms with Gasteiger partial charge in [0, 0.05) is 35.4 Å². The molecule has 6 nitrogen and oxygen atoms in total. The van der Waals surface area contributed by atoms with E-state index in [1.807, 2.05) is 0 Å². The van der Waals surface area contributed by atoms with Gasteiger partial charge in [-0.25, -0.2) is 18.2 Å². The van der Waals surface area contributed by atoms with Crippen LogP contribution in [0.4, 0.5) is 35.1 Å². The quantitative estimate of drug-likeness (QED) is 0.0895. The molecule has 0 amide bonds. The fourth-order valence-corrected chi connectivity index (χ4v) is 5.67. The predicted octanol–water partition coefficient (Wildman–Crippen LogP) is 7.54. The topological polar surface area (TPSA) is 74.7 Å². The molecular formula is C29H19F8NO5S. The van der Waals surface area contributed by atoms with E-state index in [-0.39, 0.29) is 30.2 Å². The predicted molar refractivity (Wildman–Crippen MR) is 138 cm³/mol. The second-order valence-electron chi connectivity index (χ2n) is 9.44. The number of alkyl halides is 3. The maximum absolute atomic E-state index is 14.1. The summed E-state index contributed by atoms with van der Waals surface area (Å²) < 4.78 is 151. The molecule has 1 aliphatic heterocycles. The zero-order valence-electron chi connectivity index (χ0n) is 22.3. The lowest BCUT2D eigenvalue weighted by Crippen LogP contribution is -2.18. The van der Waals surface area contributed by atoms with Gasteiger partial charge in [-0.05, 0) is 48.7 Å². The molecule has 0 spiro atoms. The molecule has 1 atom stereocenters. The Kier molecular flexibility index (Phi) is 8.18. The van der Waals surface area contributed by atoms with Crippen molar-refractivity contribution >= 4 is 10.1 Å². The van der Waals surface area contributed by atoms with E-state index in [1.54, 1.807) is 13.0 Å². The average molecular weight is 646 g/mol. The number of rotatable bonds is 7. The number of pyridine rings is 1. The summed E-state index contributed by atoms with van der Waals surface area (Å²) in [7, 11) is -5.16. The van der Waals surface area contributed by atoms with Crippen LogP contribution in [0.15, 0.2) is 59.6 Å². The molecule has 0 N–H and O–H groups in total. The Bertz CT molecular complexity index is 1820. The lowest BCUT2D eigenvalue weighted by Gasteiger charge is -2.29. The summed E-state index contributed by atoms with van der Waals surface area (Å²) >= 11 is 0. The van der Waals surface area contributed by atoms with E-state index in [2.05, 4.69) is 9.17 Å².